The molecule has 0 bridgehead atoms. The molecule has 2 amide bonds. The Hall–Kier alpha value is -2.05. The molecule has 1 N–H and O–H groups in total. The van der Waals surface area contributed by atoms with E-state index in [0.717, 1.165) is 50.1 Å². The van der Waals surface area contributed by atoms with Crippen LogP contribution in [0.3, 0.4) is 0 Å². The van der Waals surface area contributed by atoms with Crippen LogP contribution in [0.5, 0.6) is 5.75 Å². The largest absolute Gasteiger partial charge is 0.508 e. The van der Waals surface area contributed by atoms with Crippen LogP contribution in [0.15, 0.2) is 24.8 Å². The predicted octanol–water partition coefficient (Wildman–Crippen LogP) is 2.47. The van der Waals surface area contributed by atoms with Crippen molar-refractivity contribution < 1.29 is 14.7 Å². The summed E-state index contributed by atoms with van der Waals surface area (Å²) in [5.74, 6) is 0.273. The van der Waals surface area contributed by atoms with Crippen molar-refractivity contribution in [3.8, 4) is 5.75 Å². The third-order valence-corrected chi connectivity index (χ3v) is 6.42. The molecule has 29 heavy (non-hydrogen) atoms. The number of hydrogen-bond acceptors (Lipinski definition) is 4. The number of nitrogens with zero attached hydrogens (tertiary/aromatic N) is 3. The van der Waals surface area contributed by atoms with E-state index in [2.05, 4.69) is 11.5 Å². The Bertz CT molecular complexity index is 775. The lowest BCUT2D eigenvalue weighted by molar-refractivity contribution is -0.133. The summed E-state index contributed by atoms with van der Waals surface area (Å²) in [5.41, 5.74) is 1.76. The van der Waals surface area contributed by atoms with Crippen molar-refractivity contribution >= 4 is 23.4 Å². The Labute approximate surface area is 177 Å². The number of piperazine rings is 1. The van der Waals surface area contributed by atoms with Gasteiger partial charge in [0, 0.05) is 56.8 Å². The van der Waals surface area contributed by atoms with Crippen LogP contribution in [0.2, 0.25) is 5.02 Å². The summed E-state index contributed by atoms with van der Waals surface area (Å²) in [6, 6.07) is 3.84. The molecule has 0 saturated carbocycles. The molecular weight excluding hydrogens is 390 g/mol. The normalized spacial score (nSPS) is 20.1. The van der Waals surface area contributed by atoms with E-state index in [-0.39, 0.29) is 17.6 Å². The molecule has 2 aliphatic rings. The smallest absolute Gasteiger partial charge is 0.246 e. The number of halogens is 1. The minimum atomic E-state index is -0.00186. The number of likely N-dealkylation sites (tertiary alicyclic amines) is 1. The summed E-state index contributed by atoms with van der Waals surface area (Å²) in [6.45, 7) is 10.2. The molecule has 2 saturated heterocycles. The monoisotopic (exact) mass is 419 g/mol. The Kier molecular flexibility index (Phi) is 7.19. The van der Waals surface area contributed by atoms with Gasteiger partial charge in [0.25, 0.3) is 0 Å². The number of aromatic hydroxyl groups is 1. The first-order valence-electron chi connectivity index (χ1n) is 10.4. The van der Waals surface area contributed by atoms with Crippen molar-refractivity contribution in [3.05, 3.63) is 40.9 Å². The molecule has 1 atom stereocenters. The molecule has 2 heterocycles. The van der Waals surface area contributed by atoms with Crippen LogP contribution in [-0.4, -0.2) is 76.9 Å². The molecule has 1 aromatic carbocycles. The SMILES string of the molecule is C=CC(=O)N1CCC(N2CCN(C(=O)CCc3cc(CC)c(Cl)cc3O)CC2)C1. The molecule has 158 valence electrons. The van der Waals surface area contributed by atoms with Crippen LogP contribution in [0.25, 0.3) is 0 Å². The summed E-state index contributed by atoms with van der Waals surface area (Å²) < 4.78 is 0. The molecule has 0 spiro atoms. The fourth-order valence-corrected chi connectivity index (χ4v) is 4.53. The molecule has 7 heteroatoms. The lowest BCUT2D eigenvalue weighted by Gasteiger charge is -2.38. The van der Waals surface area contributed by atoms with Crippen LogP contribution in [0, 0.1) is 0 Å². The fourth-order valence-electron chi connectivity index (χ4n) is 4.24. The van der Waals surface area contributed by atoms with Gasteiger partial charge in [-0.1, -0.05) is 31.2 Å². The van der Waals surface area contributed by atoms with E-state index >= 15 is 0 Å². The van der Waals surface area contributed by atoms with Crippen LogP contribution >= 0.6 is 11.6 Å². The molecule has 0 aromatic heterocycles. The molecule has 2 fully saturated rings. The van der Waals surface area contributed by atoms with Crippen molar-refractivity contribution in [2.75, 3.05) is 39.3 Å². The lowest BCUT2D eigenvalue weighted by Crippen LogP contribution is -2.52. The number of hydrogen-bond donors (Lipinski definition) is 1. The first-order chi connectivity index (χ1) is 13.9. The van der Waals surface area contributed by atoms with Crippen molar-refractivity contribution in [2.24, 2.45) is 0 Å². The Morgan fingerprint density at radius 2 is 1.90 bits per heavy atom. The molecule has 3 rings (SSSR count). The quantitative estimate of drug-likeness (QED) is 0.719. The maximum absolute atomic E-state index is 12.6. The highest BCUT2D eigenvalue weighted by molar-refractivity contribution is 6.31. The number of benzene rings is 1. The maximum atomic E-state index is 12.6. The van der Waals surface area contributed by atoms with Crippen molar-refractivity contribution in [1.82, 2.24) is 14.7 Å². The zero-order valence-electron chi connectivity index (χ0n) is 17.1. The van der Waals surface area contributed by atoms with Crippen LogP contribution < -0.4 is 0 Å². The zero-order valence-corrected chi connectivity index (χ0v) is 17.8. The lowest BCUT2D eigenvalue weighted by atomic mass is 10.0. The highest BCUT2D eigenvalue weighted by atomic mass is 35.5. The number of amides is 2. The number of rotatable bonds is 6. The molecule has 1 unspecified atom stereocenters. The second kappa shape index (κ2) is 9.63. The summed E-state index contributed by atoms with van der Waals surface area (Å²) in [6.07, 6.45) is 4.03. The van der Waals surface area contributed by atoms with Gasteiger partial charge in [-0.2, -0.15) is 0 Å². The van der Waals surface area contributed by atoms with Gasteiger partial charge in [0.1, 0.15) is 5.75 Å². The second-order valence-electron chi connectivity index (χ2n) is 7.77. The van der Waals surface area contributed by atoms with Crippen LogP contribution in [-0.2, 0) is 22.4 Å². The minimum absolute atomic E-state index is 0.00186. The van der Waals surface area contributed by atoms with Crippen LogP contribution in [0.4, 0.5) is 0 Å². The number of carbonyl (C=O) groups excluding carboxylic acids is 2. The van der Waals surface area contributed by atoms with E-state index in [4.69, 9.17) is 11.6 Å². The van der Waals surface area contributed by atoms with Gasteiger partial charge in [-0.05, 0) is 42.5 Å². The summed E-state index contributed by atoms with van der Waals surface area (Å²) >= 11 is 6.12. The van der Waals surface area contributed by atoms with Crippen molar-refractivity contribution in [2.45, 2.75) is 38.6 Å². The van der Waals surface area contributed by atoms with Gasteiger partial charge in [-0.25, -0.2) is 0 Å². The van der Waals surface area contributed by atoms with E-state index < -0.39 is 0 Å². The van der Waals surface area contributed by atoms with Gasteiger partial charge in [-0.3, -0.25) is 14.5 Å². The topological polar surface area (TPSA) is 64.1 Å². The van der Waals surface area contributed by atoms with Gasteiger partial charge in [0.2, 0.25) is 11.8 Å². The Morgan fingerprint density at radius 1 is 1.17 bits per heavy atom. The predicted molar refractivity (Wildman–Crippen MR) is 114 cm³/mol. The number of aryl methyl sites for hydroxylation is 2. The van der Waals surface area contributed by atoms with Gasteiger partial charge in [-0.15, -0.1) is 0 Å². The van der Waals surface area contributed by atoms with E-state index in [9.17, 15) is 14.7 Å². The standard InChI is InChI=1S/C22H30ClN3O3/c1-3-16-13-17(20(27)14-19(16)23)5-6-22(29)25-11-9-24(10-12-25)18-7-8-26(15-18)21(28)4-2/h4,13-14,18,27H,2-3,5-12,15H2,1H3. The average Bonchev–Trinajstić information content (AvgIpc) is 3.23. The van der Waals surface area contributed by atoms with E-state index in [1.54, 1.807) is 6.07 Å². The zero-order chi connectivity index (χ0) is 21.0. The minimum Gasteiger partial charge on any atom is -0.508 e. The molecule has 0 aliphatic carbocycles. The first kappa shape index (κ1) is 21.7. The van der Waals surface area contributed by atoms with Gasteiger partial charge in [0.05, 0.1) is 0 Å². The average molecular weight is 420 g/mol. The van der Waals surface area contributed by atoms with Crippen LogP contribution in [0.1, 0.15) is 30.9 Å². The molecule has 6 nitrogen and oxygen atoms in total. The van der Waals surface area contributed by atoms with Gasteiger partial charge < -0.3 is 14.9 Å². The highest BCUT2D eigenvalue weighted by Gasteiger charge is 2.32. The number of phenols is 1. The summed E-state index contributed by atoms with van der Waals surface area (Å²) in [7, 11) is 0. The Balaban J connectivity index is 1.47. The fraction of sp³-hybridized carbons (Fsp3) is 0.545. The number of phenolic OH excluding ortho intramolecular Hbond substituents is 1. The molecule has 1 aromatic rings. The third kappa shape index (κ3) is 5.11. The van der Waals surface area contributed by atoms with Gasteiger partial charge >= 0.3 is 0 Å². The van der Waals surface area contributed by atoms with E-state index in [1.165, 1.54) is 6.08 Å². The second-order valence-corrected chi connectivity index (χ2v) is 8.18. The Morgan fingerprint density at radius 3 is 2.55 bits per heavy atom. The number of carbonyl (C=O) groups is 2. The third-order valence-electron chi connectivity index (χ3n) is 6.07. The molecule has 2 aliphatic heterocycles. The summed E-state index contributed by atoms with van der Waals surface area (Å²) in [4.78, 5) is 30.6. The van der Waals surface area contributed by atoms with Crippen molar-refractivity contribution in [1.29, 1.82) is 0 Å². The van der Waals surface area contributed by atoms with Crippen molar-refractivity contribution in [3.63, 3.8) is 0 Å². The van der Waals surface area contributed by atoms with E-state index in [0.29, 0.717) is 37.0 Å². The van der Waals surface area contributed by atoms with E-state index in [1.807, 2.05) is 22.8 Å². The highest BCUT2D eigenvalue weighted by Crippen LogP contribution is 2.28. The van der Waals surface area contributed by atoms with Gasteiger partial charge in [0.15, 0.2) is 0 Å². The first-order valence-corrected chi connectivity index (χ1v) is 10.7. The molecule has 0 radical (unpaired) electrons. The summed E-state index contributed by atoms with van der Waals surface area (Å²) in [5, 5.41) is 10.7. The molecular formula is C22H30ClN3O3. The maximum Gasteiger partial charge on any atom is 0.246 e.